The van der Waals surface area contributed by atoms with Crippen LogP contribution in [-0.4, -0.2) is 45.9 Å². The Kier molecular flexibility index (Phi) is 8.25. The van der Waals surface area contributed by atoms with Crippen LogP contribution in [0, 0.1) is 0 Å². The van der Waals surface area contributed by atoms with Gasteiger partial charge in [-0.2, -0.15) is 4.31 Å². The third-order valence-corrected chi connectivity index (χ3v) is 7.05. The summed E-state index contributed by atoms with van der Waals surface area (Å²) < 4.78 is 37.8. The Bertz CT molecular complexity index is 954. The van der Waals surface area contributed by atoms with Gasteiger partial charge in [0.05, 0.1) is 20.3 Å². The lowest BCUT2D eigenvalue weighted by atomic mass is 10.0. The molecular formula is C22H30N2O5S. The van der Waals surface area contributed by atoms with Crippen LogP contribution in [0.4, 0.5) is 0 Å². The van der Waals surface area contributed by atoms with Crippen LogP contribution in [0.1, 0.15) is 49.2 Å². The molecule has 1 atom stereocenters. The zero-order valence-corrected chi connectivity index (χ0v) is 19.0. The van der Waals surface area contributed by atoms with Crippen LogP contribution >= 0.6 is 0 Å². The highest BCUT2D eigenvalue weighted by atomic mass is 32.2. The van der Waals surface area contributed by atoms with E-state index in [-0.39, 0.29) is 28.2 Å². The molecule has 0 saturated heterocycles. The largest absolute Gasteiger partial charge is 0.497 e. The molecule has 2 aromatic carbocycles. The monoisotopic (exact) mass is 434 g/mol. The molecule has 0 heterocycles. The van der Waals surface area contributed by atoms with E-state index >= 15 is 0 Å². The predicted octanol–water partition coefficient (Wildman–Crippen LogP) is 3.62. The quantitative estimate of drug-likeness (QED) is 0.617. The molecule has 2 aromatic rings. The first-order valence-corrected chi connectivity index (χ1v) is 11.4. The molecule has 0 fully saturated rings. The van der Waals surface area contributed by atoms with Crippen molar-refractivity contribution in [3.05, 3.63) is 53.6 Å². The van der Waals surface area contributed by atoms with Crippen molar-refractivity contribution in [1.82, 2.24) is 9.62 Å². The van der Waals surface area contributed by atoms with Crippen LogP contribution in [0.2, 0.25) is 0 Å². The number of nitrogens with zero attached hydrogens (tertiary/aromatic N) is 1. The second kappa shape index (κ2) is 10.4. The minimum Gasteiger partial charge on any atom is -0.497 e. The lowest BCUT2D eigenvalue weighted by Crippen LogP contribution is -2.32. The number of ether oxygens (including phenoxy) is 2. The first-order chi connectivity index (χ1) is 14.3. The third-order valence-electron chi connectivity index (χ3n) is 4.98. The number of methoxy groups -OCH3 is 2. The van der Waals surface area contributed by atoms with E-state index in [1.807, 2.05) is 31.2 Å². The fraction of sp³-hybridized carbons (Fsp3) is 0.409. The number of sulfonamides is 1. The fourth-order valence-corrected chi connectivity index (χ4v) is 4.86. The molecular weight excluding hydrogens is 404 g/mol. The SMILES string of the molecule is CCC(NC(=O)c1ccc(OC)c(S(=O)(=O)N(CC)CC)c1)c1ccc(OC)cc1. The van der Waals surface area contributed by atoms with Crippen LogP contribution < -0.4 is 14.8 Å². The summed E-state index contributed by atoms with van der Waals surface area (Å²) in [6.45, 7) is 6.16. The average Bonchev–Trinajstić information content (AvgIpc) is 2.77. The number of rotatable bonds is 10. The maximum Gasteiger partial charge on any atom is 0.251 e. The van der Waals surface area contributed by atoms with Gasteiger partial charge in [-0.05, 0) is 42.3 Å². The van der Waals surface area contributed by atoms with Crippen molar-refractivity contribution in [3.8, 4) is 11.5 Å². The zero-order chi connectivity index (χ0) is 22.3. The summed E-state index contributed by atoms with van der Waals surface area (Å²) in [6, 6.07) is 11.7. The first-order valence-electron chi connectivity index (χ1n) is 9.95. The molecule has 1 unspecified atom stereocenters. The van der Waals surface area contributed by atoms with Crippen LogP contribution in [0.25, 0.3) is 0 Å². The highest BCUT2D eigenvalue weighted by Gasteiger charge is 2.27. The lowest BCUT2D eigenvalue weighted by Gasteiger charge is -2.21. The molecule has 0 aliphatic carbocycles. The summed E-state index contributed by atoms with van der Waals surface area (Å²) in [5.74, 6) is 0.596. The van der Waals surface area contributed by atoms with E-state index in [1.165, 1.54) is 23.5 Å². The predicted molar refractivity (Wildman–Crippen MR) is 117 cm³/mol. The molecule has 0 aliphatic heterocycles. The van der Waals surface area contributed by atoms with E-state index in [1.54, 1.807) is 27.0 Å². The highest BCUT2D eigenvalue weighted by Crippen LogP contribution is 2.28. The second-order valence-corrected chi connectivity index (χ2v) is 8.57. The van der Waals surface area contributed by atoms with Crippen molar-refractivity contribution >= 4 is 15.9 Å². The molecule has 0 aromatic heterocycles. The van der Waals surface area contributed by atoms with Crippen molar-refractivity contribution in [2.24, 2.45) is 0 Å². The molecule has 0 spiro atoms. The fourth-order valence-electron chi connectivity index (χ4n) is 3.22. The van der Waals surface area contributed by atoms with E-state index in [4.69, 9.17) is 9.47 Å². The van der Waals surface area contributed by atoms with Crippen LogP contribution in [-0.2, 0) is 10.0 Å². The molecule has 8 heteroatoms. The minimum atomic E-state index is -3.78. The molecule has 0 saturated carbocycles. The number of carbonyl (C=O) groups is 1. The Morgan fingerprint density at radius 1 is 1.00 bits per heavy atom. The van der Waals surface area contributed by atoms with Crippen LogP contribution in [0.15, 0.2) is 47.4 Å². The molecule has 1 N–H and O–H groups in total. The third kappa shape index (κ3) is 5.12. The van der Waals surface area contributed by atoms with Gasteiger partial charge in [0.25, 0.3) is 5.91 Å². The van der Waals surface area contributed by atoms with E-state index in [0.29, 0.717) is 19.5 Å². The molecule has 0 aliphatic rings. The summed E-state index contributed by atoms with van der Waals surface area (Å²) in [4.78, 5) is 12.9. The summed E-state index contributed by atoms with van der Waals surface area (Å²) in [5.41, 5.74) is 1.20. The minimum absolute atomic E-state index is 0.0150. The van der Waals surface area contributed by atoms with Crippen molar-refractivity contribution in [1.29, 1.82) is 0 Å². The number of hydrogen-bond acceptors (Lipinski definition) is 5. The Morgan fingerprint density at radius 2 is 1.63 bits per heavy atom. The van der Waals surface area contributed by atoms with Gasteiger partial charge in [0, 0.05) is 18.7 Å². The standard InChI is InChI=1S/C22H30N2O5S/c1-6-19(16-9-12-18(28-4)13-10-16)23-22(25)17-11-14-20(29-5)21(15-17)30(26,27)24(7-2)8-3/h9-15,19H,6-8H2,1-5H3,(H,23,25). The van der Waals surface area contributed by atoms with Crippen molar-refractivity contribution in [2.45, 2.75) is 38.1 Å². The van der Waals surface area contributed by atoms with Crippen LogP contribution in [0.3, 0.4) is 0 Å². The van der Waals surface area contributed by atoms with Gasteiger partial charge in [0.15, 0.2) is 0 Å². The van der Waals surface area contributed by atoms with E-state index in [0.717, 1.165) is 11.3 Å². The van der Waals surface area contributed by atoms with Gasteiger partial charge in [-0.1, -0.05) is 32.9 Å². The number of amides is 1. The number of nitrogens with one attached hydrogen (secondary N) is 1. The topological polar surface area (TPSA) is 84.9 Å². The molecule has 164 valence electrons. The molecule has 0 radical (unpaired) electrons. The Hall–Kier alpha value is -2.58. The van der Waals surface area contributed by atoms with Gasteiger partial charge in [-0.3, -0.25) is 4.79 Å². The number of hydrogen-bond donors (Lipinski definition) is 1. The molecule has 7 nitrogen and oxygen atoms in total. The second-order valence-electron chi connectivity index (χ2n) is 6.66. The summed E-state index contributed by atoms with van der Waals surface area (Å²) in [7, 11) is -0.771. The Labute approximate surface area is 179 Å². The summed E-state index contributed by atoms with van der Waals surface area (Å²) >= 11 is 0. The van der Waals surface area contributed by atoms with Gasteiger partial charge in [-0.25, -0.2) is 8.42 Å². The Balaban J connectivity index is 2.35. The normalized spacial score (nSPS) is 12.5. The van der Waals surface area contributed by atoms with Gasteiger partial charge in [0.2, 0.25) is 10.0 Å². The molecule has 1 amide bonds. The number of carbonyl (C=O) groups excluding carboxylic acids is 1. The van der Waals surface area contributed by atoms with Crippen molar-refractivity contribution in [2.75, 3.05) is 27.3 Å². The van der Waals surface area contributed by atoms with Crippen molar-refractivity contribution in [3.63, 3.8) is 0 Å². The van der Waals surface area contributed by atoms with Crippen LogP contribution in [0.5, 0.6) is 11.5 Å². The molecule has 30 heavy (non-hydrogen) atoms. The lowest BCUT2D eigenvalue weighted by molar-refractivity contribution is 0.0935. The van der Waals surface area contributed by atoms with Gasteiger partial charge in [0.1, 0.15) is 16.4 Å². The van der Waals surface area contributed by atoms with E-state index in [9.17, 15) is 13.2 Å². The van der Waals surface area contributed by atoms with Gasteiger partial charge in [-0.15, -0.1) is 0 Å². The van der Waals surface area contributed by atoms with Crippen molar-refractivity contribution < 1.29 is 22.7 Å². The molecule has 0 bridgehead atoms. The first kappa shape index (κ1) is 23.7. The summed E-state index contributed by atoms with van der Waals surface area (Å²) in [6.07, 6.45) is 0.679. The highest BCUT2D eigenvalue weighted by molar-refractivity contribution is 7.89. The van der Waals surface area contributed by atoms with E-state index < -0.39 is 10.0 Å². The maximum atomic E-state index is 13.0. The smallest absolute Gasteiger partial charge is 0.251 e. The Morgan fingerprint density at radius 3 is 2.13 bits per heavy atom. The van der Waals surface area contributed by atoms with E-state index in [2.05, 4.69) is 5.32 Å². The average molecular weight is 435 g/mol. The zero-order valence-electron chi connectivity index (χ0n) is 18.1. The van der Waals surface area contributed by atoms with Gasteiger partial charge < -0.3 is 14.8 Å². The molecule has 2 rings (SSSR count). The summed E-state index contributed by atoms with van der Waals surface area (Å²) in [5, 5.41) is 2.98. The number of benzene rings is 2. The maximum absolute atomic E-state index is 13.0. The van der Waals surface area contributed by atoms with Gasteiger partial charge >= 0.3 is 0 Å².